The van der Waals surface area contributed by atoms with E-state index in [1.807, 2.05) is 30.3 Å². The second-order valence-corrected chi connectivity index (χ2v) is 9.97. The number of hydrogen-bond acceptors (Lipinski definition) is 6. The Bertz CT molecular complexity index is 986. The number of likely N-dealkylation sites (tertiary alicyclic amines) is 1. The lowest BCUT2D eigenvalue weighted by Gasteiger charge is -2.42. The van der Waals surface area contributed by atoms with Crippen molar-refractivity contribution in [2.45, 2.75) is 70.5 Å². The topological polar surface area (TPSA) is 69.3 Å². The molecule has 7 heteroatoms. The van der Waals surface area contributed by atoms with Crippen molar-refractivity contribution >= 4 is 5.91 Å². The zero-order chi connectivity index (χ0) is 25.5. The monoisotopic (exact) mass is 496 g/mol. The smallest absolute Gasteiger partial charge is 0.223 e. The number of hydrogen-bond donors (Lipinski definition) is 1. The third-order valence-electron chi connectivity index (χ3n) is 7.48. The maximum absolute atomic E-state index is 13.0. The highest BCUT2D eigenvalue weighted by Crippen LogP contribution is 2.34. The molecule has 0 saturated carbocycles. The highest BCUT2D eigenvalue weighted by atomic mass is 16.6. The zero-order valence-electron chi connectivity index (χ0n) is 22.0. The van der Waals surface area contributed by atoms with Crippen molar-refractivity contribution in [2.75, 3.05) is 33.5 Å². The first-order chi connectivity index (χ1) is 17.4. The van der Waals surface area contributed by atoms with E-state index in [1.165, 1.54) is 19.3 Å². The van der Waals surface area contributed by atoms with E-state index >= 15 is 0 Å². The van der Waals surface area contributed by atoms with Gasteiger partial charge in [0.1, 0.15) is 24.7 Å². The number of carbonyl (C=O) groups is 1. The first kappa shape index (κ1) is 26.1. The van der Waals surface area contributed by atoms with Crippen LogP contribution in [-0.2, 0) is 4.79 Å². The summed E-state index contributed by atoms with van der Waals surface area (Å²) in [5.41, 5.74) is 1.14. The Kier molecular flexibility index (Phi) is 8.97. The van der Waals surface area contributed by atoms with Gasteiger partial charge in [0.15, 0.2) is 11.5 Å². The Hall–Kier alpha value is -2.93. The number of ether oxygens (including phenoxy) is 4. The van der Waals surface area contributed by atoms with Crippen molar-refractivity contribution < 1.29 is 23.7 Å². The molecule has 0 aliphatic carbocycles. The van der Waals surface area contributed by atoms with Crippen LogP contribution in [-0.4, -0.2) is 62.4 Å². The summed E-state index contributed by atoms with van der Waals surface area (Å²) in [5, 5.41) is 3.34. The van der Waals surface area contributed by atoms with E-state index in [1.54, 1.807) is 7.11 Å². The van der Waals surface area contributed by atoms with Crippen molar-refractivity contribution in [1.29, 1.82) is 0 Å². The Morgan fingerprint density at radius 3 is 2.39 bits per heavy atom. The number of nitrogens with zero attached hydrogens (tertiary/aromatic N) is 1. The molecule has 1 N–H and O–H groups in total. The van der Waals surface area contributed by atoms with Gasteiger partial charge in [-0.2, -0.15) is 0 Å². The minimum Gasteiger partial charge on any atom is -0.497 e. The fourth-order valence-corrected chi connectivity index (χ4v) is 5.18. The van der Waals surface area contributed by atoms with Gasteiger partial charge in [-0.1, -0.05) is 19.4 Å². The molecule has 7 nitrogen and oxygen atoms in total. The molecule has 2 aliphatic rings. The zero-order valence-corrected chi connectivity index (χ0v) is 22.0. The number of carbonyl (C=O) groups excluding carboxylic acids is 1. The Labute approximate surface area is 215 Å². The van der Waals surface area contributed by atoms with Crippen LogP contribution in [0.25, 0.3) is 0 Å². The van der Waals surface area contributed by atoms with Crippen LogP contribution in [0.5, 0.6) is 23.0 Å². The summed E-state index contributed by atoms with van der Waals surface area (Å²) in [4.78, 5) is 15.6. The highest BCUT2D eigenvalue weighted by molar-refractivity contribution is 5.76. The van der Waals surface area contributed by atoms with Gasteiger partial charge < -0.3 is 24.3 Å². The standard InChI is InChI=1S/C29H40N2O5/c1-20-6-5-7-21(2)31(20)19-26(22(3)23-8-13-27-28(18-23)36-17-16-35-27)30-29(32)14-15-34-25-11-9-24(33-4)10-12-25/h8-13,18,20-22,26H,5-7,14-17,19H2,1-4H3,(H,30,32)/t20?,21?,22?,26-/m1/s1. The largest absolute Gasteiger partial charge is 0.497 e. The van der Waals surface area contributed by atoms with Gasteiger partial charge in [0.2, 0.25) is 5.91 Å². The Morgan fingerprint density at radius 2 is 1.69 bits per heavy atom. The first-order valence-electron chi connectivity index (χ1n) is 13.2. The molecule has 1 fully saturated rings. The molecule has 3 unspecified atom stereocenters. The molecule has 2 aromatic rings. The third-order valence-corrected chi connectivity index (χ3v) is 7.48. The summed E-state index contributed by atoms with van der Waals surface area (Å²) >= 11 is 0. The second kappa shape index (κ2) is 12.3. The number of nitrogens with one attached hydrogen (secondary N) is 1. The van der Waals surface area contributed by atoms with Crippen LogP contribution < -0.4 is 24.3 Å². The molecule has 0 bridgehead atoms. The van der Waals surface area contributed by atoms with Gasteiger partial charge in [0, 0.05) is 30.6 Å². The molecule has 36 heavy (non-hydrogen) atoms. The van der Waals surface area contributed by atoms with Gasteiger partial charge >= 0.3 is 0 Å². The fourth-order valence-electron chi connectivity index (χ4n) is 5.18. The molecule has 0 radical (unpaired) electrons. The van der Waals surface area contributed by atoms with Gasteiger partial charge in [-0.3, -0.25) is 9.69 Å². The summed E-state index contributed by atoms with van der Waals surface area (Å²) in [6, 6.07) is 14.5. The van der Waals surface area contributed by atoms with Crippen LogP contribution >= 0.6 is 0 Å². The maximum Gasteiger partial charge on any atom is 0.223 e. The molecule has 4 atom stereocenters. The number of methoxy groups -OCH3 is 1. The molecule has 1 saturated heterocycles. The molecular formula is C29H40N2O5. The summed E-state index contributed by atoms with van der Waals surface area (Å²) in [5.74, 6) is 3.16. The molecule has 196 valence electrons. The van der Waals surface area contributed by atoms with E-state index in [0.717, 1.165) is 35.1 Å². The van der Waals surface area contributed by atoms with Crippen molar-refractivity contribution in [1.82, 2.24) is 10.2 Å². The summed E-state index contributed by atoms with van der Waals surface area (Å²) in [6.45, 7) is 9.04. The minimum atomic E-state index is -0.0379. The van der Waals surface area contributed by atoms with Crippen LogP contribution in [0.2, 0.25) is 0 Å². The van der Waals surface area contributed by atoms with E-state index in [0.29, 0.717) is 38.3 Å². The average molecular weight is 497 g/mol. The van der Waals surface area contributed by atoms with Crippen molar-refractivity contribution in [3.05, 3.63) is 48.0 Å². The van der Waals surface area contributed by atoms with E-state index in [-0.39, 0.29) is 17.9 Å². The summed E-state index contributed by atoms with van der Waals surface area (Å²) in [7, 11) is 1.63. The van der Waals surface area contributed by atoms with Crippen molar-refractivity contribution in [3.8, 4) is 23.0 Å². The third kappa shape index (κ3) is 6.64. The lowest BCUT2D eigenvalue weighted by Crippen LogP contribution is -2.53. The molecule has 4 rings (SSSR count). The van der Waals surface area contributed by atoms with Gasteiger partial charge in [-0.05, 0) is 68.7 Å². The Morgan fingerprint density at radius 1 is 1.03 bits per heavy atom. The van der Waals surface area contributed by atoms with Crippen LogP contribution in [0.1, 0.15) is 57.9 Å². The number of amides is 1. The van der Waals surface area contributed by atoms with Gasteiger partial charge in [0.25, 0.3) is 0 Å². The van der Waals surface area contributed by atoms with Crippen molar-refractivity contribution in [3.63, 3.8) is 0 Å². The lowest BCUT2D eigenvalue weighted by molar-refractivity contribution is -0.122. The summed E-state index contributed by atoms with van der Waals surface area (Å²) < 4.78 is 22.5. The van der Waals surface area contributed by atoms with E-state index in [9.17, 15) is 4.79 Å². The second-order valence-electron chi connectivity index (χ2n) is 9.97. The normalized spacial score (nSPS) is 21.3. The highest BCUT2D eigenvalue weighted by Gasteiger charge is 2.31. The molecule has 1 amide bonds. The molecule has 0 aromatic heterocycles. The fraction of sp³-hybridized carbons (Fsp3) is 0.552. The average Bonchev–Trinajstić information content (AvgIpc) is 2.90. The van der Waals surface area contributed by atoms with E-state index in [2.05, 4.69) is 43.1 Å². The number of benzene rings is 2. The van der Waals surface area contributed by atoms with Crippen LogP contribution in [0, 0.1) is 0 Å². The molecule has 2 aliphatic heterocycles. The number of fused-ring (bicyclic) bond motifs is 1. The molecular weight excluding hydrogens is 456 g/mol. The predicted octanol–water partition coefficient (Wildman–Crippen LogP) is 4.79. The van der Waals surface area contributed by atoms with Crippen LogP contribution in [0.3, 0.4) is 0 Å². The predicted molar refractivity (Wildman–Crippen MR) is 140 cm³/mol. The number of rotatable bonds is 10. The molecule has 2 aromatic carbocycles. The summed E-state index contributed by atoms with van der Waals surface area (Å²) in [6.07, 6.45) is 3.94. The van der Waals surface area contributed by atoms with Crippen LogP contribution in [0.15, 0.2) is 42.5 Å². The van der Waals surface area contributed by atoms with Crippen LogP contribution in [0.4, 0.5) is 0 Å². The van der Waals surface area contributed by atoms with E-state index < -0.39 is 0 Å². The lowest BCUT2D eigenvalue weighted by atomic mass is 9.90. The van der Waals surface area contributed by atoms with Gasteiger partial charge in [-0.15, -0.1) is 0 Å². The Balaban J connectivity index is 1.42. The van der Waals surface area contributed by atoms with Gasteiger partial charge in [-0.25, -0.2) is 0 Å². The molecule has 0 spiro atoms. The first-order valence-corrected chi connectivity index (χ1v) is 13.2. The maximum atomic E-state index is 13.0. The van der Waals surface area contributed by atoms with E-state index in [4.69, 9.17) is 18.9 Å². The SMILES string of the molecule is COc1ccc(OCCC(=O)N[C@H](CN2C(C)CCCC2C)C(C)c2ccc3c(c2)OCCO3)cc1. The minimum absolute atomic E-state index is 0.00443. The quantitative estimate of drug-likeness (QED) is 0.510. The molecule has 2 heterocycles. The van der Waals surface area contributed by atoms with Crippen molar-refractivity contribution in [2.24, 2.45) is 0 Å². The van der Waals surface area contributed by atoms with Gasteiger partial charge in [0.05, 0.1) is 20.1 Å². The number of piperidine rings is 1.